The third-order valence-electron chi connectivity index (χ3n) is 5.48. The molecule has 0 saturated carbocycles. The monoisotopic (exact) mass is 404 g/mol. The van der Waals surface area contributed by atoms with Gasteiger partial charge in [0, 0.05) is 51.3 Å². The van der Waals surface area contributed by atoms with Crippen molar-refractivity contribution in [2.75, 3.05) is 39.3 Å². The molecule has 1 atom stereocenters. The fourth-order valence-corrected chi connectivity index (χ4v) is 3.67. The van der Waals surface area contributed by atoms with E-state index in [4.69, 9.17) is 5.26 Å². The van der Waals surface area contributed by atoms with E-state index in [2.05, 4.69) is 30.4 Å². The zero-order valence-corrected chi connectivity index (χ0v) is 17.4. The molecule has 6 nitrogen and oxygen atoms in total. The fraction of sp³-hybridized carbons (Fsp3) is 0.375. The Bertz CT molecular complexity index is 884. The largest absolute Gasteiger partial charge is 0.340 e. The van der Waals surface area contributed by atoms with Crippen molar-refractivity contribution < 1.29 is 9.59 Å². The lowest BCUT2D eigenvalue weighted by Gasteiger charge is -2.30. The highest BCUT2D eigenvalue weighted by atomic mass is 16.2. The molecule has 1 aliphatic heterocycles. The minimum Gasteiger partial charge on any atom is -0.340 e. The Morgan fingerprint density at radius 3 is 2.40 bits per heavy atom. The first-order chi connectivity index (χ1) is 14.6. The number of rotatable bonds is 7. The summed E-state index contributed by atoms with van der Waals surface area (Å²) in [6.45, 7) is 6.03. The van der Waals surface area contributed by atoms with Gasteiger partial charge >= 0.3 is 0 Å². The summed E-state index contributed by atoms with van der Waals surface area (Å²) in [4.78, 5) is 29.5. The molecule has 3 rings (SSSR count). The lowest BCUT2D eigenvalue weighted by molar-refractivity contribution is -0.131. The Morgan fingerprint density at radius 2 is 1.77 bits per heavy atom. The van der Waals surface area contributed by atoms with Gasteiger partial charge in [0.1, 0.15) is 0 Å². The van der Waals surface area contributed by atoms with Gasteiger partial charge in [0.15, 0.2) is 0 Å². The number of amides is 2. The van der Waals surface area contributed by atoms with Gasteiger partial charge in [-0.3, -0.25) is 9.59 Å². The highest BCUT2D eigenvalue weighted by Crippen LogP contribution is 2.18. The highest BCUT2D eigenvalue weighted by Gasteiger charge is 2.22. The Labute approximate surface area is 178 Å². The molecule has 0 bridgehead atoms. The van der Waals surface area contributed by atoms with Gasteiger partial charge in [-0.15, -0.1) is 0 Å². The third kappa shape index (κ3) is 5.68. The van der Waals surface area contributed by atoms with Crippen molar-refractivity contribution in [2.45, 2.75) is 19.3 Å². The molecule has 1 saturated heterocycles. The molecule has 1 unspecified atom stereocenters. The average molecular weight is 405 g/mol. The van der Waals surface area contributed by atoms with Crippen LogP contribution in [-0.2, 0) is 4.79 Å². The van der Waals surface area contributed by atoms with Crippen LogP contribution in [0.5, 0.6) is 0 Å². The van der Waals surface area contributed by atoms with E-state index in [1.54, 1.807) is 29.2 Å². The maximum atomic E-state index is 13.2. The Kier molecular flexibility index (Phi) is 7.58. The molecule has 1 aliphatic rings. The zero-order chi connectivity index (χ0) is 21.3. The maximum Gasteiger partial charge on any atom is 0.253 e. The number of carbonyl (C=O) groups is 2. The first kappa shape index (κ1) is 21.5. The van der Waals surface area contributed by atoms with E-state index in [9.17, 15) is 9.59 Å². The van der Waals surface area contributed by atoms with Crippen LogP contribution in [0.4, 0.5) is 0 Å². The van der Waals surface area contributed by atoms with Gasteiger partial charge in [-0.2, -0.15) is 5.26 Å². The maximum absolute atomic E-state index is 13.2. The topological polar surface area (TPSA) is 76.4 Å². The summed E-state index contributed by atoms with van der Waals surface area (Å²) in [6, 6.07) is 18.8. The number of piperazine rings is 1. The number of benzene rings is 2. The van der Waals surface area contributed by atoms with E-state index >= 15 is 0 Å². The van der Waals surface area contributed by atoms with Crippen LogP contribution in [0.1, 0.15) is 40.7 Å². The zero-order valence-electron chi connectivity index (χ0n) is 17.4. The van der Waals surface area contributed by atoms with E-state index < -0.39 is 0 Å². The summed E-state index contributed by atoms with van der Waals surface area (Å²) in [7, 11) is 0. The van der Waals surface area contributed by atoms with Crippen LogP contribution in [0.3, 0.4) is 0 Å². The quantitative estimate of drug-likeness (QED) is 0.770. The number of carbonyl (C=O) groups excluding carboxylic acids is 2. The molecule has 30 heavy (non-hydrogen) atoms. The molecule has 156 valence electrons. The summed E-state index contributed by atoms with van der Waals surface area (Å²) >= 11 is 0. The number of hydrogen-bond acceptors (Lipinski definition) is 4. The van der Waals surface area contributed by atoms with E-state index in [-0.39, 0.29) is 17.7 Å². The van der Waals surface area contributed by atoms with Crippen LogP contribution in [-0.4, -0.2) is 60.9 Å². The second-order valence-electron chi connectivity index (χ2n) is 7.63. The van der Waals surface area contributed by atoms with Crippen molar-refractivity contribution >= 4 is 11.8 Å². The van der Waals surface area contributed by atoms with E-state index in [1.807, 2.05) is 23.1 Å². The standard InChI is InChI=1S/C24H28N4O2/c1-19(21-5-3-2-4-6-21)18-28(14-11-23(29)27-15-12-26-13-16-27)24(30)22-9-7-20(17-25)8-10-22/h2-10,19,26H,11-16,18H2,1H3. The number of nitrogens with zero attached hydrogens (tertiary/aromatic N) is 3. The van der Waals surface area contributed by atoms with Crippen molar-refractivity contribution in [3.05, 3.63) is 71.3 Å². The summed E-state index contributed by atoms with van der Waals surface area (Å²) < 4.78 is 0. The normalized spacial score (nSPS) is 14.6. The van der Waals surface area contributed by atoms with Crippen LogP contribution in [0.15, 0.2) is 54.6 Å². The van der Waals surface area contributed by atoms with Crippen molar-refractivity contribution in [1.29, 1.82) is 5.26 Å². The first-order valence-electron chi connectivity index (χ1n) is 10.4. The van der Waals surface area contributed by atoms with Crippen LogP contribution in [0.25, 0.3) is 0 Å². The smallest absolute Gasteiger partial charge is 0.253 e. The molecule has 0 spiro atoms. The Hall–Kier alpha value is -3.17. The van der Waals surface area contributed by atoms with Crippen molar-refractivity contribution in [3.8, 4) is 6.07 Å². The number of nitrogens with one attached hydrogen (secondary N) is 1. The minimum absolute atomic E-state index is 0.0847. The van der Waals surface area contributed by atoms with E-state index in [0.717, 1.165) is 18.7 Å². The summed E-state index contributed by atoms with van der Waals surface area (Å²) in [6.07, 6.45) is 0.309. The summed E-state index contributed by atoms with van der Waals surface area (Å²) in [5.74, 6) is 0.111. The fourth-order valence-electron chi connectivity index (χ4n) is 3.67. The van der Waals surface area contributed by atoms with Crippen molar-refractivity contribution in [3.63, 3.8) is 0 Å². The molecule has 6 heteroatoms. The van der Waals surface area contributed by atoms with Gasteiger partial charge < -0.3 is 15.1 Å². The molecular weight excluding hydrogens is 376 g/mol. The van der Waals surface area contributed by atoms with Crippen LogP contribution in [0, 0.1) is 11.3 Å². The molecule has 0 aromatic heterocycles. The Morgan fingerprint density at radius 1 is 1.10 bits per heavy atom. The summed E-state index contributed by atoms with van der Waals surface area (Å²) in [5, 5.41) is 12.2. The predicted octanol–water partition coefficient (Wildman–Crippen LogP) is 2.63. The first-order valence-corrected chi connectivity index (χ1v) is 10.4. The molecule has 1 heterocycles. The van der Waals surface area contributed by atoms with Gasteiger partial charge in [0.25, 0.3) is 5.91 Å². The SMILES string of the molecule is CC(CN(CCC(=O)N1CCNCC1)C(=O)c1ccc(C#N)cc1)c1ccccc1. The number of nitriles is 1. The molecule has 2 aromatic rings. The van der Waals surface area contributed by atoms with Gasteiger partial charge in [0.2, 0.25) is 5.91 Å². The molecule has 2 aromatic carbocycles. The van der Waals surface area contributed by atoms with Gasteiger partial charge in [0.05, 0.1) is 11.6 Å². The molecule has 1 fully saturated rings. The highest BCUT2D eigenvalue weighted by molar-refractivity contribution is 5.94. The van der Waals surface area contributed by atoms with Crippen LogP contribution in [0.2, 0.25) is 0 Å². The molecule has 1 N–H and O–H groups in total. The van der Waals surface area contributed by atoms with Crippen molar-refractivity contribution in [1.82, 2.24) is 15.1 Å². The summed E-state index contributed by atoms with van der Waals surface area (Å²) in [5.41, 5.74) is 2.21. The van der Waals surface area contributed by atoms with Gasteiger partial charge in [-0.05, 0) is 35.7 Å². The number of hydrogen-bond donors (Lipinski definition) is 1. The van der Waals surface area contributed by atoms with Crippen LogP contribution >= 0.6 is 0 Å². The molecular formula is C24H28N4O2. The molecule has 2 amide bonds. The molecule has 0 aliphatic carbocycles. The van der Waals surface area contributed by atoms with E-state index in [1.165, 1.54) is 0 Å². The second-order valence-corrected chi connectivity index (χ2v) is 7.63. The Balaban J connectivity index is 1.72. The van der Waals surface area contributed by atoms with E-state index in [0.29, 0.717) is 43.7 Å². The van der Waals surface area contributed by atoms with Gasteiger partial charge in [-0.25, -0.2) is 0 Å². The molecule has 0 radical (unpaired) electrons. The minimum atomic E-state index is -0.115. The lowest BCUT2D eigenvalue weighted by atomic mass is 10.00. The third-order valence-corrected chi connectivity index (χ3v) is 5.48. The van der Waals surface area contributed by atoms with Crippen LogP contribution < -0.4 is 5.32 Å². The second kappa shape index (κ2) is 10.6. The van der Waals surface area contributed by atoms with Crippen molar-refractivity contribution in [2.24, 2.45) is 0 Å². The predicted molar refractivity (Wildman–Crippen MR) is 116 cm³/mol. The average Bonchev–Trinajstić information content (AvgIpc) is 2.82. The van der Waals surface area contributed by atoms with Gasteiger partial charge in [-0.1, -0.05) is 37.3 Å². The lowest BCUT2D eigenvalue weighted by Crippen LogP contribution is -2.47.